The van der Waals surface area contributed by atoms with Gasteiger partial charge in [-0.2, -0.15) is 9.13 Å². The summed E-state index contributed by atoms with van der Waals surface area (Å²) in [6, 6.07) is 22.4. The van der Waals surface area contributed by atoms with Crippen LogP contribution in [0, 0.1) is 11.8 Å². The Hall–Kier alpha value is -3.14. The number of aromatic nitrogens is 2. The van der Waals surface area contributed by atoms with Gasteiger partial charge >= 0.3 is 0 Å². The predicted octanol–water partition coefficient (Wildman–Crippen LogP) is 6.08. The topological polar surface area (TPSA) is 31.8 Å². The molecule has 1 aliphatic carbocycles. The summed E-state index contributed by atoms with van der Waals surface area (Å²) in [6.07, 6.45) is 13.5. The number of fused-ring (bicyclic) bond motifs is 3. The number of nitrogens with zero attached hydrogens (tertiary/aromatic N) is 2. The molecule has 8 rings (SSSR count). The Bertz CT molecular complexity index is 1200. The number of hydrogen-bond donors (Lipinski definition) is 2. The van der Waals surface area contributed by atoms with Crippen molar-refractivity contribution in [2.45, 2.75) is 58.0 Å². The Labute approximate surface area is 209 Å². The van der Waals surface area contributed by atoms with Crippen LogP contribution in [0.15, 0.2) is 73.1 Å². The molecular weight excluding hydrogens is 428 g/mol. The fourth-order valence-electron chi connectivity index (χ4n) is 6.16. The molecule has 2 aromatic heterocycles. The van der Waals surface area contributed by atoms with Crippen molar-refractivity contribution < 1.29 is 9.13 Å². The molecule has 5 heterocycles. The lowest BCUT2D eigenvalue weighted by Crippen LogP contribution is -2.35. The Morgan fingerprint density at radius 2 is 1.00 bits per heavy atom. The Morgan fingerprint density at radius 1 is 0.543 bits per heavy atom. The highest BCUT2D eigenvalue weighted by Crippen LogP contribution is 2.31. The highest BCUT2D eigenvalue weighted by Gasteiger charge is 2.22. The molecule has 0 unspecified atom stereocenters. The monoisotopic (exact) mass is 466 g/mol. The van der Waals surface area contributed by atoms with Gasteiger partial charge in [0.1, 0.15) is 13.1 Å². The van der Waals surface area contributed by atoms with E-state index in [2.05, 4.69) is 92.8 Å². The lowest BCUT2D eigenvalue weighted by atomic mass is 9.82. The van der Waals surface area contributed by atoms with E-state index in [0.717, 1.165) is 38.0 Å². The van der Waals surface area contributed by atoms with Gasteiger partial charge in [-0.05, 0) is 56.1 Å². The van der Waals surface area contributed by atoms with Gasteiger partial charge < -0.3 is 10.6 Å². The Balaban J connectivity index is 1.28. The van der Waals surface area contributed by atoms with Crippen LogP contribution >= 0.6 is 0 Å². The second kappa shape index (κ2) is 10.2. The minimum absolute atomic E-state index is 0.767. The zero-order valence-corrected chi connectivity index (χ0v) is 20.8. The van der Waals surface area contributed by atoms with Crippen LogP contribution in [-0.4, -0.2) is 13.1 Å². The molecule has 0 atom stereocenters. The van der Waals surface area contributed by atoms with Crippen molar-refractivity contribution in [2.24, 2.45) is 11.8 Å². The van der Waals surface area contributed by atoms with Crippen LogP contribution in [0.2, 0.25) is 0 Å². The van der Waals surface area contributed by atoms with Crippen molar-refractivity contribution in [2.75, 3.05) is 23.7 Å². The van der Waals surface area contributed by atoms with Gasteiger partial charge in [0.15, 0.2) is 12.4 Å². The average Bonchev–Trinajstić information content (AvgIpc) is 2.92. The van der Waals surface area contributed by atoms with Gasteiger partial charge in [-0.3, -0.25) is 0 Å². The summed E-state index contributed by atoms with van der Waals surface area (Å²) in [7, 11) is 0. The summed E-state index contributed by atoms with van der Waals surface area (Å²) >= 11 is 0. The number of rotatable bonds is 0. The van der Waals surface area contributed by atoms with Crippen LogP contribution in [0.1, 0.15) is 44.9 Å². The van der Waals surface area contributed by atoms with Crippen LogP contribution in [0.3, 0.4) is 0 Å². The maximum absolute atomic E-state index is 3.82. The van der Waals surface area contributed by atoms with Crippen LogP contribution in [0.25, 0.3) is 21.8 Å². The average molecular weight is 467 g/mol. The van der Waals surface area contributed by atoms with Crippen molar-refractivity contribution in [3.8, 4) is 0 Å². The lowest BCUT2D eigenvalue weighted by Gasteiger charge is -2.29. The normalized spacial score (nSPS) is 21.5. The predicted molar refractivity (Wildman–Crippen MR) is 145 cm³/mol. The van der Waals surface area contributed by atoms with Crippen molar-refractivity contribution >= 4 is 33.2 Å². The van der Waals surface area contributed by atoms with Gasteiger partial charge in [-0.1, -0.05) is 24.3 Å². The van der Waals surface area contributed by atoms with E-state index in [0.29, 0.717) is 0 Å². The molecule has 6 bridgehead atoms. The van der Waals surface area contributed by atoms with Crippen LogP contribution in [-0.2, 0) is 13.1 Å². The summed E-state index contributed by atoms with van der Waals surface area (Å²) in [5.74, 6) is 1.53. The van der Waals surface area contributed by atoms with Gasteiger partial charge in [0, 0.05) is 50.2 Å². The molecular formula is C31H38N4+2. The van der Waals surface area contributed by atoms with Crippen molar-refractivity contribution in [1.82, 2.24) is 0 Å². The van der Waals surface area contributed by atoms with Gasteiger partial charge in [0.25, 0.3) is 0 Å². The van der Waals surface area contributed by atoms with Crippen molar-refractivity contribution in [3.05, 3.63) is 73.1 Å². The lowest BCUT2D eigenvalue weighted by molar-refractivity contribution is -0.675. The third kappa shape index (κ3) is 4.84. The SMILES string of the molecule is c1ccc2c(c1)c1cc[n+]2CCCCC[n+]2ccc(c3ccccc32)NCC2CCC(CC2)CN1. The quantitative estimate of drug-likeness (QED) is 0.308. The zero-order valence-electron chi connectivity index (χ0n) is 20.8. The third-order valence-electron chi connectivity index (χ3n) is 8.28. The molecule has 1 saturated carbocycles. The van der Waals surface area contributed by atoms with E-state index in [1.807, 2.05) is 0 Å². The number of para-hydroxylation sites is 2. The fourth-order valence-corrected chi connectivity index (χ4v) is 6.16. The van der Waals surface area contributed by atoms with Gasteiger partial charge in [-0.25, -0.2) is 0 Å². The van der Waals surface area contributed by atoms with E-state index >= 15 is 0 Å². The number of benzene rings is 2. The molecule has 4 heteroatoms. The maximum atomic E-state index is 3.82. The summed E-state index contributed by atoms with van der Waals surface area (Å²) in [5.41, 5.74) is 5.26. The Kier molecular flexibility index (Phi) is 6.53. The van der Waals surface area contributed by atoms with Gasteiger partial charge in [0.05, 0.1) is 22.1 Å². The smallest absolute Gasteiger partial charge is 0.214 e. The van der Waals surface area contributed by atoms with Crippen molar-refractivity contribution in [3.63, 3.8) is 0 Å². The molecule has 2 aromatic carbocycles. The first-order valence-electron chi connectivity index (χ1n) is 13.7. The molecule has 4 aromatic rings. The van der Waals surface area contributed by atoms with E-state index in [1.54, 1.807) is 0 Å². The molecule has 1 fully saturated rings. The fraction of sp³-hybridized carbons (Fsp3) is 0.419. The first kappa shape index (κ1) is 22.3. The molecule has 3 aliphatic heterocycles. The minimum atomic E-state index is 0.767. The number of pyridine rings is 2. The van der Waals surface area contributed by atoms with E-state index in [1.165, 1.54) is 78.1 Å². The number of anilines is 2. The highest BCUT2D eigenvalue weighted by atomic mass is 15.0. The molecule has 0 saturated heterocycles. The van der Waals surface area contributed by atoms with E-state index in [4.69, 9.17) is 0 Å². The summed E-state index contributed by atoms with van der Waals surface area (Å²) in [4.78, 5) is 0. The molecule has 0 spiro atoms. The number of aryl methyl sites for hydroxylation is 2. The summed E-state index contributed by atoms with van der Waals surface area (Å²) in [6.45, 7) is 4.30. The van der Waals surface area contributed by atoms with Gasteiger partial charge in [-0.15, -0.1) is 0 Å². The molecule has 4 aliphatic rings. The first-order valence-corrected chi connectivity index (χ1v) is 13.7. The Morgan fingerprint density at radius 3 is 1.49 bits per heavy atom. The molecule has 4 nitrogen and oxygen atoms in total. The van der Waals surface area contributed by atoms with E-state index in [9.17, 15) is 0 Å². The second-order valence-corrected chi connectivity index (χ2v) is 10.6. The zero-order chi connectivity index (χ0) is 23.5. The molecule has 0 amide bonds. The van der Waals surface area contributed by atoms with E-state index < -0.39 is 0 Å². The van der Waals surface area contributed by atoms with Crippen LogP contribution in [0.5, 0.6) is 0 Å². The highest BCUT2D eigenvalue weighted by molar-refractivity contribution is 5.89. The largest absolute Gasteiger partial charge is 0.384 e. The first-order chi connectivity index (χ1) is 17.3. The number of hydrogen-bond acceptors (Lipinski definition) is 2. The number of nitrogens with one attached hydrogen (secondary N) is 2. The van der Waals surface area contributed by atoms with E-state index in [-0.39, 0.29) is 0 Å². The molecule has 180 valence electrons. The standard InChI is InChI=1S/C31H36N4/c1-6-18-34-20-16-28(26-8-2-4-10-30(26)34)32-22-24-12-14-25(15-13-24)23-33-29-17-21-35(19-7-1)31-11-5-3-9-27(29)31/h2-5,8-11,16-17,20-21,24-25H,1,6-7,12-15,18-19,22-23H2/p+2. The summed E-state index contributed by atoms with van der Waals surface area (Å²) < 4.78 is 4.88. The molecule has 0 radical (unpaired) electrons. The molecule has 35 heavy (non-hydrogen) atoms. The molecule has 2 N–H and O–H groups in total. The summed E-state index contributed by atoms with van der Waals surface area (Å²) in [5, 5.41) is 10.3. The van der Waals surface area contributed by atoms with Crippen LogP contribution < -0.4 is 19.8 Å². The minimum Gasteiger partial charge on any atom is -0.384 e. The van der Waals surface area contributed by atoms with Crippen LogP contribution in [0.4, 0.5) is 11.4 Å². The third-order valence-corrected chi connectivity index (χ3v) is 8.28. The maximum Gasteiger partial charge on any atom is 0.214 e. The van der Waals surface area contributed by atoms with Gasteiger partial charge in [0.2, 0.25) is 11.0 Å². The van der Waals surface area contributed by atoms with Crippen molar-refractivity contribution in [1.29, 1.82) is 0 Å². The second-order valence-electron chi connectivity index (χ2n) is 10.6.